The highest BCUT2D eigenvalue weighted by Gasteiger charge is 2.22. The lowest BCUT2D eigenvalue weighted by Crippen LogP contribution is -2.27. The maximum Gasteiger partial charge on any atom is 0.295 e. The number of azo groups is 1. The number of pyridine rings is 1. The first-order valence-electron chi connectivity index (χ1n) is 17.1. The number of hydrogen-bond acceptors (Lipinski definition) is 10. The highest BCUT2D eigenvalue weighted by Crippen LogP contribution is 2.32. The van der Waals surface area contributed by atoms with Gasteiger partial charge in [-0.2, -0.15) is 21.9 Å². The second-order valence-electron chi connectivity index (χ2n) is 12.7. The number of benzene rings is 5. The Morgan fingerprint density at radius 1 is 0.679 bits per heavy atom. The molecule has 3 heterocycles. The molecular formula is C40H40ClN7O6S2. The molecule has 0 saturated carbocycles. The van der Waals surface area contributed by atoms with Crippen molar-refractivity contribution >= 4 is 77.3 Å². The first-order valence-corrected chi connectivity index (χ1v) is 19.9. The van der Waals surface area contributed by atoms with Gasteiger partial charge in [0, 0.05) is 53.4 Å². The van der Waals surface area contributed by atoms with Crippen LogP contribution in [0.25, 0.3) is 21.7 Å². The van der Waals surface area contributed by atoms with Crippen LogP contribution in [0.2, 0.25) is 0 Å². The Balaban J connectivity index is 0.000000161. The van der Waals surface area contributed by atoms with E-state index < -0.39 is 30.0 Å². The van der Waals surface area contributed by atoms with Gasteiger partial charge in [0.15, 0.2) is 5.82 Å². The molecule has 6 N–H and O–H groups in total. The van der Waals surface area contributed by atoms with Gasteiger partial charge in [0.2, 0.25) is 0 Å². The third-order valence-corrected chi connectivity index (χ3v) is 10.7. The van der Waals surface area contributed by atoms with Crippen LogP contribution < -0.4 is 11.5 Å². The minimum absolute atomic E-state index is 0. The minimum atomic E-state index is -4.47. The summed E-state index contributed by atoms with van der Waals surface area (Å²) in [6.07, 6.45) is 1.15. The number of halogens is 1. The van der Waals surface area contributed by atoms with Crippen LogP contribution >= 0.6 is 12.4 Å². The van der Waals surface area contributed by atoms with Crippen LogP contribution in [0.5, 0.6) is 0 Å². The van der Waals surface area contributed by atoms with Crippen LogP contribution in [0.4, 0.5) is 23.0 Å². The highest BCUT2D eigenvalue weighted by atomic mass is 35.5. The van der Waals surface area contributed by atoms with Crippen molar-refractivity contribution in [3.05, 3.63) is 150 Å². The molecule has 0 unspecified atom stereocenters. The monoisotopic (exact) mass is 813 g/mol. The van der Waals surface area contributed by atoms with E-state index in [-0.39, 0.29) is 29.0 Å². The predicted molar refractivity (Wildman–Crippen MR) is 222 cm³/mol. The van der Waals surface area contributed by atoms with Gasteiger partial charge < -0.3 is 20.9 Å². The molecule has 290 valence electrons. The van der Waals surface area contributed by atoms with Gasteiger partial charge >= 0.3 is 0 Å². The van der Waals surface area contributed by atoms with E-state index >= 15 is 0 Å². The molecule has 0 radical (unpaired) electrons. The Bertz CT molecular complexity index is 2640. The summed E-state index contributed by atoms with van der Waals surface area (Å²) >= 11 is 0. The summed E-state index contributed by atoms with van der Waals surface area (Å²) in [5, 5.41) is 9.50. The lowest BCUT2D eigenvalue weighted by molar-refractivity contribution is 0.310. The van der Waals surface area contributed by atoms with Gasteiger partial charge in [0.05, 0.1) is 5.69 Å². The standard InChI is InChI=1S/C19H20N2.C11H11N5.C10H8O6S2.ClH/c1-20-12-11-19-17(14-20)16-9-5-6-10-18(16)21(19)13-15-7-3-2-4-8-15;12-10-7-6-9(11(13)14-10)16-15-8-4-2-1-3-5-8;11-17(12,13)9-5-1-3-7-8(9)4-2-6-10(7)18(14,15)16;/h2-10H,11-14H2,1H3;1-7H,(H4,12,13,14);1-6H,(H,11,12,13)(H,14,15,16);1H. The molecule has 7 aromatic rings. The van der Waals surface area contributed by atoms with Crippen molar-refractivity contribution < 1.29 is 25.9 Å². The molecule has 2 aromatic heterocycles. The summed E-state index contributed by atoms with van der Waals surface area (Å²) in [5.74, 6) is 0.649. The summed E-state index contributed by atoms with van der Waals surface area (Å²) in [6, 6.07) is 39.9. The molecule has 56 heavy (non-hydrogen) atoms. The number of anilines is 2. The topological polar surface area (TPSA) is 207 Å². The maximum atomic E-state index is 11.2. The molecular weight excluding hydrogens is 774 g/mol. The number of likely N-dealkylation sites (N-methyl/N-ethyl adjacent to an activating group) is 1. The van der Waals surface area contributed by atoms with Crippen molar-refractivity contribution in [2.45, 2.75) is 29.3 Å². The zero-order valence-electron chi connectivity index (χ0n) is 30.2. The quantitative estimate of drug-likeness (QED) is 0.0937. The van der Waals surface area contributed by atoms with Crippen molar-refractivity contribution in [2.75, 3.05) is 25.1 Å². The van der Waals surface area contributed by atoms with E-state index in [4.69, 9.17) is 20.6 Å². The van der Waals surface area contributed by atoms with Crippen molar-refractivity contribution in [3.63, 3.8) is 0 Å². The van der Waals surface area contributed by atoms with Crippen LogP contribution in [0.1, 0.15) is 16.8 Å². The third-order valence-electron chi connectivity index (χ3n) is 8.89. The fourth-order valence-corrected chi connectivity index (χ4v) is 7.77. The molecule has 0 atom stereocenters. The number of para-hydroxylation sites is 1. The van der Waals surface area contributed by atoms with Crippen molar-refractivity contribution in [1.29, 1.82) is 0 Å². The summed E-state index contributed by atoms with van der Waals surface area (Å²) < 4.78 is 65.2. The SMILES string of the molecule is CN1CCc2c(c3ccccc3n2Cc2ccccc2)C1.Cl.Nc1ccc(N=Nc2ccccc2)c(N)n1.O=S(=O)(O)c1cccc2c(S(=O)(=O)O)cccc12. The first kappa shape index (κ1) is 41.5. The molecule has 0 saturated heterocycles. The Morgan fingerprint density at radius 2 is 1.23 bits per heavy atom. The highest BCUT2D eigenvalue weighted by molar-refractivity contribution is 7.86. The minimum Gasteiger partial charge on any atom is -0.384 e. The summed E-state index contributed by atoms with van der Waals surface area (Å²) in [5.41, 5.74) is 18.2. The lowest BCUT2D eigenvalue weighted by atomic mass is 10.1. The summed E-state index contributed by atoms with van der Waals surface area (Å²) in [4.78, 5) is 5.48. The van der Waals surface area contributed by atoms with E-state index in [0.717, 1.165) is 43.9 Å². The molecule has 0 bridgehead atoms. The van der Waals surface area contributed by atoms with Crippen molar-refractivity contribution in [3.8, 4) is 0 Å². The predicted octanol–water partition coefficient (Wildman–Crippen LogP) is 8.09. The molecule has 0 spiro atoms. The van der Waals surface area contributed by atoms with Crippen molar-refractivity contribution in [2.24, 2.45) is 10.2 Å². The number of fused-ring (bicyclic) bond motifs is 4. The van der Waals surface area contributed by atoms with E-state index in [2.05, 4.69) is 86.3 Å². The van der Waals surface area contributed by atoms with E-state index in [1.165, 1.54) is 52.0 Å². The molecule has 0 fully saturated rings. The van der Waals surface area contributed by atoms with Gasteiger partial charge in [0.1, 0.15) is 21.3 Å². The Labute approximate surface area is 331 Å². The summed E-state index contributed by atoms with van der Waals surface area (Å²) in [6.45, 7) is 3.19. The number of nitrogen functional groups attached to an aromatic ring is 2. The molecule has 1 aliphatic rings. The Hall–Kier alpha value is -5.68. The molecule has 0 aliphatic carbocycles. The van der Waals surface area contributed by atoms with Gasteiger partial charge in [-0.3, -0.25) is 9.11 Å². The molecule has 5 aromatic carbocycles. The van der Waals surface area contributed by atoms with E-state index in [1.54, 1.807) is 12.1 Å². The van der Waals surface area contributed by atoms with Crippen LogP contribution in [0.15, 0.2) is 153 Å². The number of aromatic nitrogens is 2. The van der Waals surface area contributed by atoms with Gasteiger partial charge in [0.25, 0.3) is 20.2 Å². The number of nitrogens with two attached hydrogens (primary N) is 2. The van der Waals surface area contributed by atoms with Gasteiger partial charge in [-0.1, -0.05) is 91.0 Å². The van der Waals surface area contributed by atoms with E-state index in [9.17, 15) is 16.8 Å². The van der Waals surface area contributed by atoms with Crippen LogP contribution in [-0.2, 0) is 39.7 Å². The number of hydrogen-bond donors (Lipinski definition) is 4. The van der Waals surface area contributed by atoms with Gasteiger partial charge in [-0.05, 0) is 60.6 Å². The zero-order chi connectivity index (χ0) is 39.2. The molecule has 13 nitrogen and oxygen atoms in total. The fourth-order valence-electron chi connectivity index (χ4n) is 6.36. The zero-order valence-corrected chi connectivity index (χ0v) is 32.6. The second kappa shape index (κ2) is 17.8. The largest absolute Gasteiger partial charge is 0.384 e. The second-order valence-corrected chi connectivity index (χ2v) is 15.5. The van der Waals surface area contributed by atoms with Crippen molar-refractivity contribution in [1.82, 2.24) is 14.5 Å². The number of rotatable bonds is 6. The molecule has 16 heteroatoms. The van der Waals surface area contributed by atoms with E-state index in [1.807, 2.05) is 30.3 Å². The van der Waals surface area contributed by atoms with Crippen LogP contribution in [-0.4, -0.2) is 54.0 Å². The number of nitrogens with zero attached hydrogens (tertiary/aromatic N) is 5. The third kappa shape index (κ3) is 9.94. The smallest absolute Gasteiger partial charge is 0.295 e. The first-order chi connectivity index (χ1) is 26.3. The van der Waals surface area contributed by atoms with Gasteiger partial charge in [-0.15, -0.1) is 17.5 Å². The van der Waals surface area contributed by atoms with Crippen LogP contribution in [0, 0.1) is 0 Å². The lowest BCUT2D eigenvalue weighted by Gasteiger charge is -2.24. The Morgan fingerprint density at radius 3 is 1.82 bits per heavy atom. The summed E-state index contributed by atoms with van der Waals surface area (Å²) in [7, 11) is -6.72. The fraction of sp³-hybridized carbons (Fsp3) is 0.125. The molecule has 1 aliphatic heterocycles. The van der Waals surface area contributed by atoms with Gasteiger partial charge in [-0.25, -0.2) is 4.98 Å². The van der Waals surface area contributed by atoms with E-state index in [0.29, 0.717) is 11.5 Å². The molecule has 8 rings (SSSR count). The molecule has 0 amide bonds. The maximum absolute atomic E-state index is 11.2. The van der Waals surface area contributed by atoms with Crippen LogP contribution in [0.3, 0.4) is 0 Å². The Kier molecular flexibility index (Phi) is 13.2. The normalized spacial score (nSPS) is 12.9. The average Bonchev–Trinajstić information content (AvgIpc) is 3.46. The average molecular weight is 814 g/mol.